The maximum atomic E-state index is 4.73. The fourth-order valence-electron chi connectivity index (χ4n) is 2.97. The molecule has 0 saturated heterocycles. The maximum Gasteiger partial charge on any atom is 0.127 e. The minimum atomic E-state index is 0.579. The number of benzene rings is 2. The highest BCUT2D eigenvalue weighted by atomic mass is 15.1. The second-order valence-corrected chi connectivity index (χ2v) is 7.03. The molecule has 0 amide bonds. The Morgan fingerprint density at radius 2 is 2.10 bits per heavy atom. The average Bonchev–Trinajstić information content (AvgIpc) is 3.19. The van der Waals surface area contributed by atoms with Gasteiger partial charge in [-0.25, -0.2) is 0 Å². The smallest absolute Gasteiger partial charge is 0.127 e. The first-order chi connectivity index (χ1) is 14.1. The molecule has 2 N–H and O–H groups in total. The van der Waals surface area contributed by atoms with Gasteiger partial charge in [-0.3, -0.25) is 15.1 Å². The third kappa shape index (κ3) is 5.51. The van der Waals surface area contributed by atoms with Crippen molar-refractivity contribution in [1.29, 1.82) is 0 Å². The second kappa shape index (κ2) is 9.64. The van der Waals surface area contributed by atoms with E-state index in [0.29, 0.717) is 6.54 Å². The maximum absolute atomic E-state index is 4.73. The highest BCUT2D eigenvalue weighted by Gasteiger charge is 2.02. The van der Waals surface area contributed by atoms with Crippen molar-refractivity contribution >= 4 is 35.2 Å². The number of rotatable bonds is 7. The lowest BCUT2D eigenvalue weighted by atomic mass is 10.0. The van der Waals surface area contributed by atoms with Crippen molar-refractivity contribution < 1.29 is 0 Å². The molecule has 148 valence electrons. The quantitative estimate of drug-likeness (QED) is 0.392. The molecule has 0 unspecified atom stereocenters. The Kier molecular flexibility index (Phi) is 6.74. The number of aryl methyl sites for hydroxylation is 1. The molecule has 0 atom stereocenters. The number of nitrogens with one attached hydrogen (secondary N) is 2. The second-order valence-electron chi connectivity index (χ2n) is 7.03. The first-order valence-electron chi connectivity index (χ1n) is 9.72. The first-order valence-corrected chi connectivity index (χ1v) is 9.72. The van der Waals surface area contributed by atoms with Gasteiger partial charge in [0, 0.05) is 17.3 Å². The van der Waals surface area contributed by atoms with Gasteiger partial charge in [-0.05, 0) is 68.0 Å². The average molecular weight is 386 g/mol. The number of aromatic nitrogens is 2. The molecular weight excluding hydrogens is 358 g/mol. The van der Waals surface area contributed by atoms with Crippen LogP contribution in [0.4, 0.5) is 5.69 Å². The third-order valence-corrected chi connectivity index (χ3v) is 4.78. The molecule has 0 fully saturated rings. The fraction of sp³-hybridized carbons (Fsp3) is 0.208. The number of fused-ring (bicyclic) bond motifs is 1. The van der Waals surface area contributed by atoms with Gasteiger partial charge in [-0.1, -0.05) is 36.8 Å². The Hall–Kier alpha value is -3.47. The molecule has 1 aromatic heterocycles. The summed E-state index contributed by atoms with van der Waals surface area (Å²) in [5.74, 6) is 0.726. The van der Waals surface area contributed by atoms with E-state index < -0.39 is 0 Å². The van der Waals surface area contributed by atoms with Crippen LogP contribution in [0.25, 0.3) is 17.0 Å². The summed E-state index contributed by atoms with van der Waals surface area (Å²) in [6, 6.07) is 12.5. The minimum Gasteiger partial charge on any atom is -0.340 e. The van der Waals surface area contributed by atoms with Gasteiger partial charge < -0.3 is 5.32 Å². The largest absolute Gasteiger partial charge is 0.340 e. The zero-order chi connectivity index (χ0) is 20.6. The van der Waals surface area contributed by atoms with Crippen molar-refractivity contribution in [2.75, 3.05) is 5.32 Å². The van der Waals surface area contributed by atoms with E-state index in [4.69, 9.17) is 4.99 Å². The Labute approximate surface area is 172 Å². The van der Waals surface area contributed by atoms with E-state index >= 15 is 0 Å². The molecule has 1 heterocycles. The number of H-pyrrole nitrogens is 1. The predicted molar refractivity (Wildman–Crippen MR) is 125 cm³/mol. The van der Waals surface area contributed by atoms with Crippen molar-refractivity contribution in [1.82, 2.24) is 10.2 Å². The van der Waals surface area contributed by atoms with E-state index in [0.717, 1.165) is 28.8 Å². The number of hydrogen-bond donors (Lipinski definition) is 2. The van der Waals surface area contributed by atoms with Crippen LogP contribution in [0.15, 0.2) is 70.4 Å². The van der Waals surface area contributed by atoms with Gasteiger partial charge in [-0.15, -0.1) is 0 Å². The number of aromatic amines is 1. The Bertz CT molecular complexity index is 1090. The van der Waals surface area contributed by atoms with E-state index in [1.807, 2.05) is 24.3 Å². The lowest BCUT2D eigenvalue weighted by molar-refractivity contribution is 1.06. The molecule has 5 nitrogen and oxygen atoms in total. The van der Waals surface area contributed by atoms with E-state index in [1.54, 1.807) is 12.4 Å². The van der Waals surface area contributed by atoms with Crippen molar-refractivity contribution in [2.45, 2.75) is 33.7 Å². The first kappa shape index (κ1) is 20.3. The van der Waals surface area contributed by atoms with Gasteiger partial charge in [0.25, 0.3) is 0 Å². The number of aliphatic imine (C=N–C) groups is 2. The molecule has 0 aliphatic carbocycles. The minimum absolute atomic E-state index is 0.579. The van der Waals surface area contributed by atoms with Gasteiger partial charge in [0.05, 0.1) is 18.3 Å². The fourth-order valence-corrected chi connectivity index (χ4v) is 2.97. The topological polar surface area (TPSA) is 65.4 Å². The van der Waals surface area contributed by atoms with Crippen molar-refractivity contribution in [2.24, 2.45) is 9.98 Å². The highest BCUT2D eigenvalue weighted by Crippen LogP contribution is 2.18. The Balaban J connectivity index is 1.79. The van der Waals surface area contributed by atoms with Gasteiger partial charge in [0.15, 0.2) is 0 Å². The van der Waals surface area contributed by atoms with Crippen LogP contribution in [-0.4, -0.2) is 22.8 Å². The summed E-state index contributed by atoms with van der Waals surface area (Å²) in [6.45, 7) is 10.6. The van der Waals surface area contributed by atoms with Crippen LogP contribution in [0.2, 0.25) is 0 Å². The summed E-state index contributed by atoms with van der Waals surface area (Å²) in [7, 11) is 0. The molecule has 3 rings (SSSR count). The van der Waals surface area contributed by atoms with E-state index in [-0.39, 0.29) is 0 Å². The summed E-state index contributed by atoms with van der Waals surface area (Å²) in [4.78, 5) is 8.54. The molecule has 29 heavy (non-hydrogen) atoms. The molecule has 0 saturated carbocycles. The Morgan fingerprint density at radius 1 is 1.24 bits per heavy atom. The number of allylic oxidation sites excluding steroid dienone is 1. The van der Waals surface area contributed by atoms with Crippen LogP contribution in [0, 0.1) is 6.92 Å². The van der Waals surface area contributed by atoms with Gasteiger partial charge >= 0.3 is 0 Å². The molecule has 5 heteroatoms. The van der Waals surface area contributed by atoms with Crippen LogP contribution in [-0.2, 0) is 6.54 Å². The number of nitrogens with zero attached hydrogens (tertiary/aromatic N) is 3. The van der Waals surface area contributed by atoms with Gasteiger partial charge in [-0.2, -0.15) is 5.10 Å². The summed E-state index contributed by atoms with van der Waals surface area (Å²) in [5.41, 5.74) is 7.01. The van der Waals surface area contributed by atoms with Crippen molar-refractivity contribution in [3.8, 4) is 0 Å². The summed E-state index contributed by atoms with van der Waals surface area (Å²) in [6.07, 6.45) is 8.57. The zero-order valence-corrected chi connectivity index (χ0v) is 17.2. The molecule has 0 spiro atoms. The van der Waals surface area contributed by atoms with E-state index in [2.05, 4.69) is 72.3 Å². The van der Waals surface area contributed by atoms with Crippen molar-refractivity contribution in [3.63, 3.8) is 0 Å². The van der Waals surface area contributed by atoms with E-state index in [9.17, 15) is 0 Å². The third-order valence-electron chi connectivity index (χ3n) is 4.78. The standard InChI is InChI=1S/C24H27N5/c1-5-17(2)12-20-7-6-19(13-18(20)3)15-26-24(10-11-25-4)28-22-8-9-23-21(14-22)16-27-29-23/h6-14,16H,4-5,15H2,1-3H3,(H,26,28)(H,27,29)/b11-10-,17-12+. The number of anilines is 1. The monoisotopic (exact) mass is 385 g/mol. The van der Waals surface area contributed by atoms with E-state index in [1.165, 1.54) is 22.3 Å². The molecule has 2 aromatic carbocycles. The lowest BCUT2D eigenvalue weighted by Gasteiger charge is -2.08. The van der Waals surface area contributed by atoms with Gasteiger partial charge in [0.2, 0.25) is 0 Å². The zero-order valence-electron chi connectivity index (χ0n) is 17.2. The molecule has 3 aromatic rings. The lowest BCUT2D eigenvalue weighted by Crippen LogP contribution is -2.09. The van der Waals surface area contributed by atoms with Crippen LogP contribution >= 0.6 is 0 Å². The molecule has 0 aliphatic heterocycles. The highest BCUT2D eigenvalue weighted by molar-refractivity contribution is 6.04. The summed E-state index contributed by atoms with van der Waals surface area (Å²) < 4.78 is 0. The van der Waals surface area contributed by atoms with Crippen LogP contribution in [0.1, 0.15) is 37.0 Å². The normalized spacial score (nSPS) is 12.7. The summed E-state index contributed by atoms with van der Waals surface area (Å²) >= 11 is 0. The van der Waals surface area contributed by atoms with Gasteiger partial charge in [0.1, 0.15) is 5.84 Å². The summed E-state index contributed by atoms with van der Waals surface area (Å²) in [5, 5.41) is 11.4. The SMILES string of the molecule is C=N/C=C\C(=N/Cc1ccc(/C=C(\C)CC)c(C)c1)Nc1ccc2[nH]ncc2c1. The number of amidine groups is 1. The van der Waals surface area contributed by atoms with Crippen LogP contribution in [0.3, 0.4) is 0 Å². The van der Waals surface area contributed by atoms with Crippen LogP contribution in [0.5, 0.6) is 0 Å². The molecule has 0 aliphatic rings. The molecule has 0 bridgehead atoms. The predicted octanol–water partition coefficient (Wildman–Crippen LogP) is 5.91. The van der Waals surface area contributed by atoms with Crippen LogP contribution < -0.4 is 5.32 Å². The molecular formula is C24H27N5. The van der Waals surface area contributed by atoms with Crippen molar-refractivity contribution in [3.05, 3.63) is 77.1 Å². The number of hydrogen-bond acceptors (Lipinski definition) is 3. The molecule has 0 radical (unpaired) electrons. The Morgan fingerprint density at radius 3 is 2.86 bits per heavy atom.